The number of benzene rings is 1. The van der Waals surface area contributed by atoms with Crippen molar-refractivity contribution in [2.45, 2.75) is 31.3 Å². The molecule has 0 spiro atoms. The molecule has 1 N–H and O–H groups in total. The Bertz CT molecular complexity index is 1100. The summed E-state index contributed by atoms with van der Waals surface area (Å²) >= 11 is 0. The van der Waals surface area contributed by atoms with Crippen molar-refractivity contribution in [3.8, 4) is 0 Å². The molecule has 3 rings (SSSR count). The summed E-state index contributed by atoms with van der Waals surface area (Å²) in [4.78, 5) is 15.4. The average molecular weight is 368 g/mol. The van der Waals surface area contributed by atoms with Gasteiger partial charge in [-0.2, -0.15) is 8.42 Å². The molecule has 0 radical (unpaired) electrons. The molecule has 0 aliphatic carbocycles. The molecular formula is C15H17FN4O4S. The van der Waals surface area contributed by atoms with Crippen LogP contribution < -0.4 is 10.5 Å². The normalized spacial score (nSPS) is 13.3. The Morgan fingerprint density at radius 1 is 1.40 bits per heavy atom. The van der Waals surface area contributed by atoms with Crippen molar-refractivity contribution < 1.29 is 17.2 Å². The molecule has 25 heavy (non-hydrogen) atoms. The van der Waals surface area contributed by atoms with Crippen LogP contribution in [0.15, 0.2) is 38.9 Å². The van der Waals surface area contributed by atoms with Crippen LogP contribution in [0.1, 0.15) is 26.3 Å². The van der Waals surface area contributed by atoms with Crippen LogP contribution in [0.3, 0.4) is 0 Å². The van der Waals surface area contributed by atoms with Gasteiger partial charge in [0.2, 0.25) is 0 Å². The molecular weight excluding hydrogens is 351 g/mol. The minimum atomic E-state index is -4.08. The number of aromatic nitrogens is 3. The lowest BCUT2D eigenvalue weighted by molar-refractivity contribution is 0.528. The lowest BCUT2D eigenvalue weighted by atomic mass is 10.3. The predicted molar refractivity (Wildman–Crippen MR) is 89.5 cm³/mol. The topological polar surface area (TPSA) is 99.1 Å². The Balaban J connectivity index is 1.98. The molecule has 0 bridgehead atoms. The zero-order chi connectivity index (χ0) is 18.4. The first-order valence-electron chi connectivity index (χ1n) is 7.58. The molecule has 1 atom stereocenters. The molecule has 8 nitrogen and oxygen atoms in total. The molecule has 2 heterocycles. The van der Waals surface area contributed by atoms with Gasteiger partial charge in [-0.05, 0) is 13.3 Å². The summed E-state index contributed by atoms with van der Waals surface area (Å²) in [6.07, 6.45) is 3.61. The lowest BCUT2D eigenvalue weighted by Crippen LogP contribution is -2.14. The highest BCUT2D eigenvalue weighted by Crippen LogP contribution is 2.24. The molecule has 0 aliphatic heterocycles. The maximum Gasteiger partial charge on any atom is 0.419 e. The van der Waals surface area contributed by atoms with Gasteiger partial charge < -0.3 is 8.98 Å². The second kappa shape index (κ2) is 6.03. The number of aryl methyl sites for hydroxylation is 1. The van der Waals surface area contributed by atoms with E-state index in [1.807, 2.05) is 13.8 Å². The van der Waals surface area contributed by atoms with Crippen molar-refractivity contribution in [3.05, 3.63) is 41.0 Å². The Kier molecular flexibility index (Phi) is 4.15. The van der Waals surface area contributed by atoms with E-state index in [4.69, 9.17) is 4.42 Å². The van der Waals surface area contributed by atoms with E-state index in [9.17, 15) is 17.6 Å². The van der Waals surface area contributed by atoms with Crippen molar-refractivity contribution >= 4 is 26.8 Å². The first-order chi connectivity index (χ1) is 11.7. The number of hydrogen-bond donors (Lipinski definition) is 1. The standard InChI is InChI=1S/C15H17FN4O4S/c1-4-9(2)20-7-14(17-8-20)25(22,23)18-11-6-13-12(5-10(11)16)19(3)15(21)24-13/h5-9,18H,4H2,1-3H3. The Hall–Kier alpha value is -2.62. The molecule has 3 aromatic rings. The molecule has 0 aliphatic rings. The number of fused-ring (bicyclic) bond motifs is 1. The number of hydrogen-bond acceptors (Lipinski definition) is 5. The van der Waals surface area contributed by atoms with Crippen molar-refractivity contribution in [1.29, 1.82) is 0 Å². The number of nitrogens with zero attached hydrogens (tertiary/aromatic N) is 3. The van der Waals surface area contributed by atoms with Gasteiger partial charge in [0.1, 0.15) is 5.82 Å². The third-order valence-electron chi connectivity index (χ3n) is 4.08. The fourth-order valence-corrected chi connectivity index (χ4v) is 3.33. The number of halogens is 1. The van der Waals surface area contributed by atoms with E-state index in [2.05, 4.69) is 9.71 Å². The van der Waals surface area contributed by atoms with E-state index in [1.54, 1.807) is 4.57 Å². The molecule has 1 unspecified atom stereocenters. The Morgan fingerprint density at radius 2 is 2.12 bits per heavy atom. The summed E-state index contributed by atoms with van der Waals surface area (Å²) in [5.41, 5.74) is -0.0110. The minimum absolute atomic E-state index is 0.0803. The number of oxazole rings is 1. The lowest BCUT2D eigenvalue weighted by Gasteiger charge is -2.09. The predicted octanol–water partition coefficient (Wildman–Crippen LogP) is 2.24. The van der Waals surface area contributed by atoms with Crippen LogP contribution in [0, 0.1) is 5.82 Å². The molecule has 134 valence electrons. The number of anilines is 1. The highest BCUT2D eigenvalue weighted by molar-refractivity contribution is 7.92. The summed E-state index contributed by atoms with van der Waals surface area (Å²) in [5, 5.41) is -0.221. The molecule has 0 fully saturated rings. The first-order valence-corrected chi connectivity index (χ1v) is 9.06. The maximum absolute atomic E-state index is 14.2. The van der Waals surface area contributed by atoms with Crippen LogP contribution in [0.25, 0.3) is 11.1 Å². The van der Waals surface area contributed by atoms with Gasteiger partial charge in [0, 0.05) is 31.4 Å². The fourth-order valence-electron chi connectivity index (χ4n) is 2.33. The number of sulfonamides is 1. The molecule has 1 aromatic carbocycles. The van der Waals surface area contributed by atoms with Gasteiger partial charge in [-0.25, -0.2) is 14.2 Å². The van der Waals surface area contributed by atoms with E-state index in [0.29, 0.717) is 0 Å². The SMILES string of the molecule is CCC(C)n1cnc(S(=O)(=O)Nc2cc3oc(=O)n(C)c3cc2F)c1. The van der Waals surface area contributed by atoms with Crippen LogP contribution in [-0.4, -0.2) is 22.5 Å². The van der Waals surface area contributed by atoms with Gasteiger partial charge in [0.25, 0.3) is 10.0 Å². The summed E-state index contributed by atoms with van der Waals surface area (Å²) in [6, 6.07) is 2.26. The zero-order valence-corrected chi connectivity index (χ0v) is 14.7. The van der Waals surface area contributed by atoms with Crippen molar-refractivity contribution in [3.63, 3.8) is 0 Å². The summed E-state index contributed by atoms with van der Waals surface area (Å²) in [5.74, 6) is -1.49. The second-order valence-electron chi connectivity index (χ2n) is 5.75. The summed E-state index contributed by atoms with van der Waals surface area (Å²) in [6.45, 7) is 3.89. The molecule has 0 saturated heterocycles. The summed E-state index contributed by atoms with van der Waals surface area (Å²) < 4.78 is 49.0. The van der Waals surface area contributed by atoms with E-state index in [1.165, 1.54) is 19.6 Å². The number of nitrogens with one attached hydrogen (secondary N) is 1. The van der Waals surface area contributed by atoms with Crippen LogP contribution in [0.5, 0.6) is 0 Å². The highest BCUT2D eigenvalue weighted by Gasteiger charge is 2.21. The van der Waals surface area contributed by atoms with Crippen LogP contribution >= 0.6 is 0 Å². The van der Waals surface area contributed by atoms with E-state index < -0.39 is 21.6 Å². The Morgan fingerprint density at radius 3 is 2.80 bits per heavy atom. The average Bonchev–Trinajstić information content (AvgIpc) is 3.15. The van der Waals surface area contributed by atoms with Gasteiger partial charge in [0.05, 0.1) is 17.5 Å². The van der Waals surface area contributed by atoms with Gasteiger partial charge in [-0.3, -0.25) is 9.29 Å². The van der Waals surface area contributed by atoms with Gasteiger partial charge in [-0.15, -0.1) is 0 Å². The van der Waals surface area contributed by atoms with Gasteiger partial charge in [0.15, 0.2) is 10.6 Å². The largest absolute Gasteiger partial charge is 0.419 e. The fraction of sp³-hybridized carbons (Fsp3) is 0.333. The number of rotatable bonds is 5. The van der Waals surface area contributed by atoms with Crippen LogP contribution in [0.2, 0.25) is 0 Å². The van der Waals surface area contributed by atoms with Crippen LogP contribution in [-0.2, 0) is 17.1 Å². The second-order valence-corrected chi connectivity index (χ2v) is 7.38. The van der Waals surface area contributed by atoms with E-state index >= 15 is 0 Å². The van der Waals surface area contributed by atoms with Crippen LogP contribution in [0.4, 0.5) is 10.1 Å². The van der Waals surface area contributed by atoms with E-state index in [0.717, 1.165) is 23.1 Å². The highest BCUT2D eigenvalue weighted by atomic mass is 32.2. The maximum atomic E-state index is 14.2. The van der Waals surface area contributed by atoms with Gasteiger partial charge in [-0.1, -0.05) is 6.92 Å². The van der Waals surface area contributed by atoms with Gasteiger partial charge >= 0.3 is 5.76 Å². The quantitative estimate of drug-likeness (QED) is 0.745. The Labute approximate surface area is 142 Å². The van der Waals surface area contributed by atoms with E-state index in [-0.39, 0.29) is 27.9 Å². The van der Waals surface area contributed by atoms with Crippen molar-refractivity contribution in [2.75, 3.05) is 4.72 Å². The monoisotopic (exact) mass is 368 g/mol. The minimum Gasteiger partial charge on any atom is -0.408 e. The number of imidazole rings is 1. The smallest absolute Gasteiger partial charge is 0.408 e. The molecule has 0 saturated carbocycles. The molecule has 2 aromatic heterocycles. The zero-order valence-electron chi connectivity index (χ0n) is 13.9. The summed E-state index contributed by atoms with van der Waals surface area (Å²) in [7, 11) is -2.65. The third-order valence-corrected chi connectivity index (χ3v) is 5.33. The van der Waals surface area contributed by atoms with Crippen molar-refractivity contribution in [2.24, 2.45) is 7.05 Å². The molecule has 10 heteroatoms. The molecule has 0 amide bonds. The third kappa shape index (κ3) is 3.04. The van der Waals surface area contributed by atoms with Crippen molar-refractivity contribution in [1.82, 2.24) is 14.1 Å². The first kappa shape index (κ1) is 17.2.